The van der Waals surface area contributed by atoms with Crippen molar-refractivity contribution in [3.63, 3.8) is 0 Å². The molecule has 3 aromatic carbocycles. The van der Waals surface area contributed by atoms with Crippen LogP contribution in [0.25, 0.3) is 0 Å². The maximum atomic E-state index is 12.4. The molecule has 1 heterocycles. The van der Waals surface area contributed by atoms with Crippen LogP contribution in [0.2, 0.25) is 0 Å². The van der Waals surface area contributed by atoms with Gasteiger partial charge in [-0.3, -0.25) is 4.79 Å². The predicted molar refractivity (Wildman–Crippen MR) is 116 cm³/mol. The number of para-hydroxylation sites is 1. The van der Waals surface area contributed by atoms with Crippen molar-refractivity contribution in [1.82, 2.24) is 5.32 Å². The highest BCUT2D eigenvalue weighted by Crippen LogP contribution is 2.55. The summed E-state index contributed by atoms with van der Waals surface area (Å²) in [6.45, 7) is 1.56. The third-order valence-electron chi connectivity index (χ3n) is 6.43. The van der Waals surface area contributed by atoms with Gasteiger partial charge in [0, 0.05) is 29.9 Å². The number of amides is 1. The minimum Gasteiger partial charge on any atom is -0.497 e. The first-order chi connectivity index (χ1) is 14.6. The highest BCUT2D eigenvalue weighted by Gasteiger charge is 2.54. The molecule has 0 aromatic heterocycles. The first-order valence-electron chi connectivity index (χ1n) is 10.4. The molecule has 4 nitrogen and oxygen atoms in total. The van der Waals surface area contributed by atoms with E-state index in [2.05, 4.69) is 47.8 Å². The van der Waals surface area contributed by atoms with Gasteiger partial charge in [-0.15, -0.1) is 0 Å². The van der Waals surface area contributed by atoms with Crippen LogP contribution in [0.3, 0.4) is 0 Å². The largest absolute Gasteiger partial charge is 0.497 e. The summed E-state index contributed by atoms with van der Waals surface area (Å²) in [6.07, 6.45) is 1.88. The summed E-state index contributed by atoms with van der Waals surface area (Å²) in [5, 5.41) is 3.23. The van der Waals surface area contributed by atoms with E-state index in [0.29, 0.717) is 0 Å². The lowest BCUT2D eigenvalue weighted by Crippen LogP contribution is -2.60. The van der Waals surface area contributed by atoms with Gasteiger partial charge in [0.15, 0.2) is 0 Å². The van der Waals surface area contributed by atoms with Crippen LogP contribution in [0.15, 0.2) is 72.8 Å². The second-order valence-corrected chi connectivity index (χ2v) is 8.11. The molecule has 3 aromatic rings. The number of aryl methyl sites for hydroxylation is 1. The van der Waals surface area contributed by atoms with E-state index in [1.54, 1.807) is 14.0 Å². The lowest BCUT2D eigenvalue weighted by Gasteiger charge is -2.52. The van der Waals surface area contributed by atoms with Crippen molar-refractivity contribution in [2.75, 3.05) is 7.11 Å². The van der Waals surface area contributed by atoms with Crippen LogP contribution in [-0.4, -0.2) is 13.0 Å². The van der Waals surface area contributed by atoms with Crippen molar-refractivity contribution < 1.29 is 14.3 Å². The maximum absolute atomic E-state index is 12.4. The molecule has 5 rings (SSSR count). The lowest BCUT2D eigenvalue weighted by molar-refractivity contribution is -0.132. The minimum absolute atomic E-state index is 0.0691. The molecule has 1 aliphatic heterocycles. The second kappa shape index (κ2) is 7.21. The molecule has 1 N–H and O–H groups in total. The second-order valence-electron chi connectivity index (χ2n) is 8.11. The molecule has 0 unspecified atom stereocenters. The SMILES string of the molecule is COc1ccc([C@@H]2c3ccccc3O[C@@]3(NC(C)=O)c4ccccc4CC[C@@H]23)cc1. The summed E-state index contributed by atoms with van der Waals surface area (Å²) in [6, 6.07) is 24.8. The van der Waals surface area contributed by atoms with Crippen molar-refractivity contribution in [2.24, 2.45) is 5.92 Å². The smallest absolute Gasteiger partial charge is 0.220 e. The summed E-state index contributed by atoms with van der Waals surface area (Å²) in [4.78, 5) is 12.4. The van der Waals surface area contributed by atoms with Gasteiger partial charge in [0.25, 0.3) is 0 Å². The van der Waals surface area contributed by atoms with Gasteiger partial charge in [-0.1, -0.05) is 54.6 Å². The van der Waals surface area contributed by atoms with E-state index in [9.17, 15) is 4.79 Å². The van der Waals surface area contributed by atoms with E-state index in [4.69, 9.17) is 9.47 Å². The quantitative estimate of drug-likeness (QED) is 0.690. The Kier molecular flexibility index (Phi) is 4.50. The monoisotopic (exact) mass is 399 g/mol. The summed E-state index contributed by atoms with van der Waals surface area (Å²) in [5.41, 5.74) is 3.76. The molecule has 1 amide bonds. The number of ether oxygens (including phenoxy) is 2. The van der Waals surface area contributed by atoms with Crippen LogP contribution in [0.1, 0.15) is 41.5 Å². The fourth-order valence-corrected chi connectivity index (χ4v) is 5.24. The Hall–Kier alpha value is -3.27. The highest BCUT2D eigenvalue weighted by molar-refractivity contribution is 5.74. The molecular formula is C26H25NO3. The zero-order valence-corrected chi connectivity index (χ0v) is 17.2. The minimum atomic E-state index is -0.889. The van der Waals surface area contributed by atoms with Gasteiger partial charge in [0.1, 0.15) is 11.5 Å². The third kappa shape index (κ3) is 2.86. The Labute approximate surface area is 176 Å². The predicted octanol–water partition coefficient (Wildman–Crippen LogP) is 4.77. The summed E-state index contributed by atoms with van der Waals surface area (Å²) in [7, 11) is 1.68. The number of hydrogen-bond acceptors (Lipinski definition) is 3. The van der Waals surface area contributed by atoms with Crippen LogP contribution in [-0.2, 0) is 16.9 Å². The Morgan fingerprint density at radius 3 is 2.53 bits per heavy atom. The standard InChI is InChI=1S/C26H25NO3/c1-17(28)27-26-22-9-5-3-7-18(22)13-16-23(26)25(19-11-14-20(29-2)15-12-19)21-8-4-6-10-24(21)30-26/h3-12,14-15,23,25H,13,16H2,1-2H3,(H,27,28)/t23-,25+,26-/m0/s1. The molecular weight excluding hydrogens is 374 g/mol. The van der Waals surface area contributed by atoms with Gasteiger partial charge in [0.05, 0.1) is 7.11 Å². The van der Waals surface area contributed by atoms with Gasteiger partial charge < -0.3 is 14.8 Å². The third-order valence-corrected chi connectivity index (χ3v) is 6.43. The van der Waals surface area contributed by atoms with Gasteiger partial charge in [-0.2, -0.15) is 0 Å². The average Bonchev–Trinajstić information content (AvgIpc) is 2.77. The van der Waals surface area contributed by atoms with Crippen LogP contribution in [0.4, 0.5) is 0 Å². The first kappa shape index (κ1) is 18.7. The van der Waals surface area contributed by atoms with Crippen LogP contribution in [0.5, 0.6) is 11.5 Å². The molecule has 4 heteroatoms. The van der Waals surface area contributed by atoms with E-state index in [1.165, 1.54) is 11.1 Å². The first-order valence-corrected chi connectivity index (χ1v) is 10.4. The zero-order chi connectivity index (χ0) is 20.7. The van der Waals surface area contributed by atoms with Crippen LogP contribution < -0.4 is 14.8 Å². The van der Waals surface area contributed by atoms with E-state index >= 15 is 0 Å². The topological polar surface area (TPSA) is 47.6 Å². The van der Waals surface area contributed by atoms with Gasteiger partial charge in [-0.25, -0.2) is 0 Å². The highest BCUT2D eigenvalue weighted by atomic mass is 16.5. The normalized spacial score (nSPS) is 23.9. The molecule has 0 fully saturated rings. The number of benzene rings is 3. The Bertz CT molecular complexity index is 1090. The number of fused-ring (bicyclic) bond motifs is 4. The maximum Gasteiger partial charge on any atom is 0.220 e. The Balaban J connectivity index is 1.74. The number of carbonyl (C=O) groups is 1. The molecule has 0 spiro atoms. The lowest BCUT2D eigenvalue weighted by atomic mass is 9.65. The van der Waals surface area contributed by atoms with Gasteiger partial charge in [0.2, 0.25) is 11.6 Å². The molecule has 0 radical (unpaired) electrons. The van der Waals surface area contributed by atoms with Crippen LogP contribution >= 0.6 is 0 Å². The summed E-state index contributed by atoms with van der Waals surface area (Å²) in [5.74, 6) is 1.73. The number of nitrogens with one attached hydrogen (secondary N) is 1. The number of rotatable bonds is 3. The van der Waals surface area contributed by atoms with Gasteiger partial charge >= 0.3 is 0 Å². The molecule has 0 saturated carbocycles. The number of methoxy groups -OCH3 is 1. The van der Waals surface area contributed by atoms with Crippen LogP contribution in [0, 0.1) is 5.92 Å². The molecule has 3 atom stereocenters. The zero-order valence-electron chi connectivity index (χ0n) is 17.2. The fourth-order valence-electron chi connectivity index (χ4n) is 5.24. The molecule has 30 heavy (non-hydrogen) atoms. The van der Waals surface area contributed by atoms with Crippen molar-refractivity contribution >= 4 is 5.91 Å². The fraction of sp³-hybridized carbons (Fsp3) is 0.269. The molecule has 2 aliphatic rings. The van der Waals surface area contributed by atoms with Gasteiger partial charge in [-0.05, 0) is 42.2 Å². The molecule has 152 valence electrons. The number of carbonyl (C=O) groups excluding carboxylic acids is 1. The average molecular weight is 399 g/mol. The van der Waals surface area contributed by atoms with E-state index < -0.39 is 5.72 Å². The Morgan fingerprint density at radius 2 is 1.77 bits per heavy atom. The molecule has 1 aliphatic carbocycles. The summed E-state index contributed by atoms with van der Waals surface area (Å²) < 4.78 is 12.1. The van der Waals surface area contributed by atoms with E-state index in [1.807, 2.05) is 30.3 Å². The van der Waals surface area contributed by atoms with Crippen molar-refractivity contribution in [3.05, 3.63) is 95.1 Å². The molecule has 0 bridgehead atoms. The Morgan fingerprint density at radius 1 is 1.03 bits per heavy atom. The van der Waals surface area contributed by atoms with Crippen molar-refractivity contribution in [3.8, 4) is 11.5 Å². The number of hydrogen-bond donors (Lipinski definition) is 1. The van der Waals surface area contributed by atoms with Crippen molar-refractivity contribution in [1.29, 1.82) is 0 Å². The van der Waals surface area contributed by atoms with Crippen molar-refractivity contribution in [2.45, 2.75) is 31.4 Å². The van der Waals surface area contributed by atoms with E-state index in [0.717, 1.165) is 35.5 Å². The summed E-state index contributed by atoms with van der Waals surface area (Å²) >= 11 is 0. The molecule has 0 saturated heterocycles. The van der Waals surface area contributed by atoms with E-state index in [-0.39, 0.29) is 17.7 Å².